The van der Waals surface area contributed by atoms with E-state index in [1.165, 1.54) is 4.31 Å². The third-order valence-corrected chi connectivity index (χ3v) is 2.51. The maximum Gasteiger partial charge on any atom is 0.419 e. The van der Waals surface area contributed by atoms with Gasteiger partial charge in [0.2, 0.25) is 0 Å². The normalized spacial score (nSPS) is 21.8. The van der Waals surface area contributed by atoms with Crippen molar-refractivity contribution in [1.29, 1.82) is 0 Å². The highest BCUT2D eigenvalue weighted by molar-refractivity contribution is 8.10. The summed E-state index contributed by atoms with van der Waals surface area (Å²) in [4.78, 5) is 14.7. The first kappa shape index (κ1) is 9.38. The van der Waals surface area contributed by atoms with E-state index in [9.17, 15) is 4.79 Å². The lowest BCUT2D eigenvalue weighted by molar-refractivity contribution is 0.165. The second-order valence-electron chi connectivity index (χ2n) is 2.59. The summed E-state index contributed by atoms with van der Waals surface area (Å²) < 4.78 is 1.29. The Hall–Kier alpha value is -0.710. The van der Waals surface area contributed by atoms with Crippen LogP contribution in [0.4, 0.5) is 4.79 Å². The summed E-state index contributed by atoms with van der Waals surface area (Å²) in [5, 5.41) is 8.71. The van der Waals surface area contributed by atoms with Gasteiger partial charge in [-0.3, -0.25) is 4.99 Å². The molecule has 5 heteroatoms. The lowest BCUT2D eigenvalue weighted by Crippen LogP contribution is -2.29. The standard InChI is InChI=1S/C7H12N2O2S/c1-2-3-4-6-8-5-12-9(6)7(10)11/h5-6H,2-4H2,1H3,(H,10,11). The van der Waals surface area contributed by atoms with Crippen LogP contribution in [0.2, 0.25) is 0 Å². The number of carboxylic acid groups (broad SMARTS) is 1. The van der Waals surface area contributed by atoms with Crippen LogP contribution in [0.15, 0.2) is 4.99 Å². The molecule has 1 N–H and O–H groups in total. The zero-order valence-electron chi connectivity index (χ0n) is 6.93. The van der Waals surface area contributed by atoms with Crippen LogP contribution in [0.25, 0.3) is 0 Å². The largest absolute Gasteiger partial charge is 0.464 e. The third kappa shape index (κ3) is 2.14. The van der Waals surface area contributed by atoms with Crippen molar-refractivity contribution in [3.05, 3.63) is 0 Å². The van der Waals surface area contributed by atoms with E-state index in [0.29, 0.717) is 0 Å². The number of carbonyl (C=O) groups is 1. The quantitative estimate of drug-likeness (QED) is 0.690. The Bertz CT molecular complexity index is 196. The molecule has 0 spiro atoms. The van der Waals surface area contributed by atoms with Gasteiger partial charge in [-0.05, 0) is 12.8 Å². The van der Waals surface area contributed by atoms with E-state index < -0.39 is 6.09 Å². The van der Waals surface area contributed by atoms with E-state index in [1.54, 1.807) is 5.55 Å². The van der Waals surface area contributed by atoms with Crippen LogP contribution in [0, 0.1) is 0 Å². The van der Waals surface area contributed by atoms with Crippen molar-refractivity contribution in [2.45, 2.75) is 32.4 Å². The highest BCUT2D eigenvalue weighted by Gasteiger charge is 2.25. The average molecular weight is 188 g/mol. The molecule has 0 aromatic heterocycles. The molecule has 0 aliphatic carbocycles. The van der Waals surface area contributed by atoms with Crippen LogP contribution in [0.5, 0.6) is 0 Å². The van der Waals surface area contributed by atoms with Gasteiger partial charge in [0.05, 0.1) is 5.55 Å². The summed E-state index contributed by atoms with van der Waals surface area (Å²) in [5.74, 6) is 0. The SMILES string of the molecule is CCCCC1N=CSN1C(=O)O. The first-order valence-corrected chi connectivity index (χ1v) is 4.80. The van der Waals surface area contributed by atoms with E-state index in [2.05, 4.69) is 11.9 Å². The number of aliphatic imine (C=N–C) groups is 1. The zero-order valence-corrected chi connectivity index (χ0v) is 7.75. The first-order valence-electron chi connectivity index (χ1n) is 3.96. The Labute approximate surface area is 75.8 Å². The fourth-order valence-electron chi connectivity index (χ4n) is 1.03. The highest BCUT2D eigenvalue weighted by atomic mass is 32.2. The van der Waals surface area contributed by atoms with Crippen molar-refractivity contribution in [3.8, 4) is 0 Å². The molecule has 4 nitrogen and oxygen atoms in total. The number of hydrogen-bond donors (Lipinski definition) is 1. The van der Waals surface area contributed by atoms with Gasteiger partial charge < -0.3 is 5.11 Å². The third-order valence-electron chi connectivity index (χ3n) is 1.67. The minimum Gasteiger partial charge on any atom is -0.464 e. The van der Waals surface area contributed by atoms with E-state index >= 15 is 0 Å². The van der Waals surface area contributed by atoms with Crippen molar-refractivity contribution in [1.82, 2.24) is 4.31 Å². The predicted molar refractivity (Wildman–Crippen MR) is 49.3 cm³/mol. The van der Waals surface area contributed by atoms with Gasteiger partial charge in [0, 0.05) is 11.9 Å². The lowest BCUT2D eigenvalue weighted by atomic mass is 10.2. The molecule has 1 unspecified atom stereocenters. The molecule has 0 bridgehead atoms. The van der Waals surface area contributed by atoms with Gasteiger partial charge in [0.15, 0.2) is 0 Å². The maximum atomic E-state index is 10.6. The fraction of sp³-hybridized carbons (Fsp3) is 0.714. The number of unbranched alkanes of at least 4 members (excludes halogenated alkanes) is 1. The van der Waals surface area contributed by atoms with E-state index in [4.69, 9.17) is 5.11 Å². The molecular formula is C7H12N2O2S. The second kappa shape index (κ2) is 4.35. The Morgan fingerprint density at radius 2 is 2.58 bits per heavy atom. The number of nitrogens with zero attached hydrogens (tertiary/aromatic N) is 2. The molecule has 1 rings (SSSR count). The van der Waals surface area contributed by atoms with Crippen LogP contribution in [-0.2, 0) is 0 Å². The number of rotatable bonds is 3. The maximum absolute atomic E-state index is 10.6. The minimum absolute atomic E-state index is 0.160. The summed E-state index contributed by atoms with van der Waals surface area (Å²) in [6, 6.07) is 0. The summed E-state index contributed by atoms with van der Waals surface area (Å²) >= 11 is 1.15. The highest BCUT2D eigenvalue weighted by Crippen LogP contribution is 2.23. The van der Waals surface area contributed by atoms with Gasteiger partial charge in [-0.2, -0.15) is 0 Å². The summed E-state index contributed by atoms with van der Waals surface area (Å²) in [7, 11) is 0. The molecule has 0 aromatic rings. The molecule has 1 amide bonds. The molecule has 0 radical (unpaired) electrons. The average Bonchev–Trinajstić information content (AvgIpc) is 2.48. The van der Waals surface area contributed by atoms with Gasteiger partial charge in [0.25, 0.3) is 0 Å². The van der Waals surface area contributed by atoms with Gasteiger partial charge >= 0.3 is 6.09 Å². The lowest BCUT2D eigenvalue weighted by Gasteiger charge is -2.17. The number of amides is 1. The summed E-state index contributed by atoms with van der Waals surface area (Å²) in [5.41, 5.74) is 1.59. The minimum atomic E-state index is -0.904. The van der Waals surface area contributed by atoms with Gasteiger partial charge in [-0.15, -0.1) is 0 Å². The van der Waals surface area contributed by atoms with Crippen molar-refractivity contribution in [2.75, 3.05) is 0 Å². The molecule has 1 aliphatic heterocycles. The van der Waals surface area contributed by atoms with E-state index in [-0.39, 0.29) is 6.17 Å². The van der Waals surface area contributed by atoms with E-state index in [0.717, 1.165) is 31.2 Å². The summed E-state index contributed by atoms with van der Waals surface area (Å²) in [6.07, 6.45) is 1.86. The van der Waals surface area contributed by atoms with Crippen LogP contribution in [0.1, 0.15) is 26.2 Å². The second-order valence-corrected chi connectivity index (χ2v) is 3.41. The Morgan fingerprint density at radius 3 is 3.17 bits per heavy atom. The molecule has 0 saturated heterocycles. The van der Waals surface area contributed by atoms with Gasteiger partial charge in [-0.1, -0.05) is 13.3 Å². The summed E-state index contributed by atoms with van der Waals surface area (Å²) in [6.45, 7) is 2.08. The smallest absolute Gasteiger partial charge is 0.419 e. The fourth-order valence-corrected chi connectivity index (χ4v) is 1.72. The molecule has 1 aliphatic rings. The zero-order chi connectivity index (χ0) is 8.97. The topological polar surface area (TPSA) is 52.9 Å². The van der Waals surface area contributed by atoms with Crippen LogP contribution in [0.3, 0.4) is 0 Å². The van der Waals surface area contributed by atoms with Crippen LogP contribution >= 0.6 is 11.9 Å². The van der Waals surface area contributed by atoms with Crippen molar-refractivity contribution >= 4 is 23.6 Å². The Balaban J connectivity index is 2.40. The van der Waals surface area contributed by atoms with Gasteiger partial charge in [0.1, 0.15) is 6.17 Å². The first-order chi connectivity index (χ1) is 5.75. The number of hydrogen-bond acceptors (Lipinski definition) is 3. The molecule has 12 heavy (non-hydrogen) atoms. The monoisotopic (exact) mass is 188 g/mol. The Morgan fingerprint density at radius 1 is 1.83 bits per heavy atom. The molecule has 68 valence electrons. The molecule has 1 heterocycles. The van der Waals surface area contributed by atoms with Crippen molar-refractivity contribution in [2.24, 2.45) is 4.99 Å². The van der Waals surface area contributed by atoms with Crippen molar-refractivity contribution in [3.63, 3.8) is 0 Å². The molecular weight excluding hydrogens is 176 g/mol. The molecule has 0 aromatic carbocycles. The Kier molecular flexibility index (Phi) is 3.40. The van der Waals surface area contributed by atoms with Gasteiger partial charge in [-0.25, -0.2) is 9.10 Å². The van der Waals surface area contributed by atoms with Crippen molar-refractivity contribution < 1.29 is 9.90 Å². The van der Waals surface area contributed by atoms with Crippen LogP contribution < -0.4 is 0 Å². The van der Waals surface area contributed by atoms with Crippen LogP contribution in [-0.4, -0.2) is 27.2 Å². The van der Waals surface area contributed by atoms with E-state index in [1.807, 2.05) is 0 Å². The predicted octanol–water partition coefficient (Wildman–Crippen LogP) is 2.17. The molecule has 1 atom stereocenters. The molecule has 0 fully saturated rings. The molecule has 0 saturated carbocycles.